The quantitative estimate of drug-likeness (QED) is 0.363. The molecule has 0 bridgehead atoms. The highest BCUT2D eigenvalue weighted by Gasteiger charge is 2.33. The molecule has 1 amide bonds. The van der Waals surface area contributed by atoms with E-state index >= 15 is 0 Å². The molecule has 1 atom stereocenters. The van der Waals surface area contributed by atoms with Gasteiger partial charge in [0, 0.05) is 16.4 Å². The summed E-state index contributed by atoms with van der Waals surface area (Å²) < 4.78 is 7.77. The Morgan fingerprint density at radius 3 is 2.69 bits per heavy atom. The maximum absolute atomic E-state index is 13.6. The van der Waals surface area contributed by atoms with Gasteiger partial charge in [0.05, 0.1) is 5.57 Å². The number of hydrogen-bond acceptors (Lipinski definition) is 5. The number of nitrogens with one attached hydrogen (secondary N) is 2. The minimum Gasteiger partial charge on any atom is -0.489 e. The summed E-state index contributed by atoms with van der Waals surface area (Å²) in [7, 11) is 0. The van der Waals surface area contributed by atoms with Gasteiger partial charge in [-0.3, -0.25) is 4.79 Å². The number of rotatable bonds is 6. The molecule has 0 fully saturated rings. The van der Waals surface area contributed by atoms with Crippen LogP contribution in [0.3, 0.4) is 0 Å². The van der Waals surface area contributed by atoms with Crippen molar-refractivity contribution in [3.05, 3.63) is 112 Å². The lowest BCUT2D eigenvalue weighted by molar-refractivity contribution is -0.113. The van der Waals surface area contributed by atoms with Crippen LogP contribution in [0.5, 0.6) is 5.75 Å². The van der Waals surface area contributed by atoms with Gasteiger partial charge < -0.3 is 15.4 Å². The fourth-order valence-electron chi connectivity index (χ4n) is 4.12. The monoisotopic (exact) mass is 485 g/mol. The van der Waals surface area contributed by atoms with Gasteiger partial charge in [0.2, 0.25) is 5.95 Å². The Balaban J connectivity index is 1.46. The van der Waals surface area contributed by atoms with Crippen LogP contribution < -0.4 is 15.4 Å². The number of carbonyl (C=O) groups is 1. The van der Waals surface area contributed by atoms with Gasteiger partial charge in [-0.05, 0) is 60.9 Å². The highest BCUT2D eigenvalue weighted by molar-refractivity contribution is 6.30. The third kappa shape index (κ3) is 4.76. The standard InChI is InChI=1S/C27H24ClN5O2/c1-17-6-3-4-9-23(17)32-26(34)24-18(2)31-27-29-16-30-33(27)25(24)20-7-5-8-22(14-20)35-15-19-10-12-21(28)13-11-19/h3-14,16,25H,15H2,1-2H3,(H,32,34)(H,29,30,31). The molecule has 0 saturated carbocycles. The van der Waals surface area contributed by atoms with Gasteiger partial charge in [-0.25, -0.2) is 4.68 Å². The number of anilines is 2. The van der Waals surface area contributed by atoms with Crippen LogP contribution in [0.25, 0.3) is 0 Å². The van der Waals surface area contributed by atoms with E-state index in [1.165, 1.54) is 6.33 Å². The predicted molar refractivity (Wildman–Crippen MR) is 137 cm³/mol. The lowest BCUT2D eigenvalue weighted by atomic mass is 9.94. The number of hydrogen-bond donors (Lipinski definition) is 2. The average Bonchev–Trinajstić information content (AvgIpc) is 3.32. The lowest BCUT2D eigenvalue weighted by Gasteiger charge is -2.29. The van der Waals surface area contributed by atoms with Crippen molar-refractivity contribution in [2.45, 2.75) is 26.5 Å². The van der Waals surface area contributed by atoms with Crippen LogP contribution in [0.1, 0.15) is 29.7 Å². The van der Waals surface area contributed by atoms with Crippen molar-refractivity contribution < 1.29 is 9.53 Å². The number of carbonyl (C=O) groups excluding carboxylic acids is 1. The van der Waals surface area contributed by atoms with Crippen LogP contribution >= 0.6 is 11.6 Å². The highest BCUT2D eigenvalue weighted by atomic mass is 35.5. The molecular formula is C27H24ClN5O2. The van der Waals surface area contributed by atoms with E-state index in [4.69, 9.17) is 16.3 Å². The van der Waals surface area contributed by atoms with Crippen molar-refractivity contribution in [2.24, 2.45) is 0 Å². The third-order valence-corrected chi connectivity index (χ3v) is 6.18. The van der Waals surface area contributed by atoms with Crippen LogP contribution in [-0.4, -0.2) is 20.7 Å². The van der Waals surface area contributed by atoms with Gasteiger partial charge in [0.25, 0.3) is 5.91 Å². The third-order valence-electron chi connectivity index (χ3n) is 5.92. The molecule has 0 radical (unpaired) electrons. The van der Waals surface area contributed by atoms with Crippen molar-refractivity contribution in [1.82, 2.24) is 14.8 Å². The first-order chi connectivity index (χ1) is 17.0. The number of halogens is 1. The molecule has 1 aliphatic heterocycles. The van der Waals surface area contributed by atoms with Crippen molar-refractivity contribution in [3.8, 4) is 5.75 Å². The summed E-state index contributed by atoms with van der Waals surface area (Å²) in [6.07, 6.45) is 1.48. The fraction of sp³-hybridized carbons (Fsp3) is 0.148. The number of allylic oxidation sites excluding steroid dienone is 1. The van der Waals surface area contributed by atoms with E-state index in [1.54, 1.807) is 4.68 Å². The van der Waals surface area contributed by atoms with E-state index in [0.717, 1.165) is 22.4 Å². The molecule has 8 heteroatoms. The molecule has 0 spiro atoms. The zero-order chi connectivity index (χ0) is 24.4. The summed E-state index contributed by atoms with van der Waals surface area (Å²) in [6.45, 7) is 4.24. The second-order valence-electron chi connectivity index (χ2n) is 8.35. The zero-order valence-electron chi connectivity index (χ0n) is 19.3. The van der Waals surface area contributed by atoms with E-state index in [1.807, 2.05) is 86.6 Å². The number of benzene rings is 3. The molecule has 2 heterocycles. The molecule has 5 rings (SSSR count). The first kappa shape index (κ1) is 22.7. The molecule has 7 nitrogen and oxygen atoms in total. The first-order valence-electron chi connectivity index (χ1n) is 11.2. The van der Waals surface area contributed by atoms with Crippen LogP contribution in [0.15, 0.2) is 90.4 Å². The average molecular weight is 486 g/mol. The number of amides is 1. The maximum Gasteiger partial charge on any atom is 0.255 e. The van der Waals surface area contributed by atoms with Crippen molar-refractivity contribution in [1.29, 1.82) is 0 Å². The molecule has 176 valence electrons. The van der Waals surface area contributed by atoms with E-state index in [9.17, 15) is 4.79 Å². The van der Waals surface area contributed by atoms with E-state index in [-0.39, 0.29) is 5.91 Å². The highest BCUT2D eigenvalue weighted by Crippen LogP contribution is 2.36. The van der Waals surface area contributed by atoms with Crippen molar-refractivity contribution in [2.75, 3.05) is 10.6 Å². The van der Waals surface area contributed by atoms with E-state index in [2.05, 4.69) is 20.7 Å². The van der Waals surface area contributed by atoms with E-state index in [0.29, 0.717) is 34.6 Å². The van der Waals surface area contributed by atoms with Gasteiger partial charge in [-0.15, -0.1) is 0 Å². The Bertz CT molecular complexity index is 1410. The Morgan fingerprint density at radius 1 is 1.09 bits per heavy atom. The molecule has 2 N–H and O–H groups in total. The van der Waals surface area contributed by atoms with Crippen LogP contribution in [0.4, 0.5) is 11.6 Å². The zero-order valence-corrected chi connectivity index (χ0v) is 20.1. The topological polar surface area (TPSA) is 81.1 Å². The van der Waals surface area contributed by atoms with Gasteiger partial charge >= 0.3 is 0 Å². The smallest absolute Gasteiger partial charge is 0.255 e. The van der Waals surface area contributed by atoms with Crippen LogP contribution in [-0.2, 0) is 11.4 Å². The minimum absolute atomic E-state index is 0.206. The summed E-state index contributed by atoms with van der Waals surface area (Å²) >= 11 is 5.98. The second kappa shape index (κ2) is 9.64. The van der Waals surface area contributed by atoms with Crippen LogP contribution in [0, 0.1) is 6.92 Å². The molecule has 0 aliphatic carbocycles. The number of aryl methyl sites for hydroxylation is 1. The largest absolute Gasteiger partial charge is 0.489 e. The molecule has 3 aromatic carbocycles. The molecule has 35 heavy (non-hydrogen) atoms. The van der Waals surface area contributed by atoms with Gasteiger partial charge in [0.1, 0.15) is 24.7 Å². The van der Waals surface area contributed by atoms with Gasteiger partial charge in [0.15, 0.2) is 0 Å². The number of aromatic nitrogens is 3. The molecule has 0 saturated heterocycles. The van der Waals surface area contributed by atoms with Crippen LogP contribution in [0.2, 0.25) is 5.02 Å². The summed E-state index contributed by atoms with van der Waals surface area (Å²) in [5.41, 5.74) is 4.89. The summed E-state index contributed by atoms with van der Waals surface area (Å²) in [4.78, 5) is 17.9. The predicted octanol–water partition coefficient (Wildman–Crippen LogP) is 5.75. The Kier molecular flexibility index (Phi) is 6.25. The normalized spacial score (nSPS) is 14.8. The van der Waals surface area contributed by atoms with Gasteiger partial charge in [-0.2, -0.15) is 10.1 Å². The molecule has 1 aromatic heterocycles. The van der Waals surface area contributed by atoms with E-state index < -0.39 is 6.04 Å². The Labute approximate surface area is 208 Å². The minimum atomic E-state index is -0.475. The number of nitrogens with zero attached hydrogens (tertiary/aromatic N) is 3. The lowest BCUT2D eigenvalue weighted by Crippen LogP contribution is -2.31. The molecular weight excluding hydrogens is 462 g/mol. The molecule has 4 aromatic rings. The summed E-state index contributed by atoms with van der Waals surface area (Å²) in [5.74, 6) is 1.06. The van der Waals surface area contributed by atoms with Crippen molar-refractivity contribution in [3.63, 3.8) is 0 Å². The first-order valence-corrected chi connectivity index (χ1v) is 11.6. The fourth-order valence-corrected chi connectivity index (χ4v) is 4.24. The Hall–Kier alpha value is -4.10. The molecule has 1 unspecified atom stereocenters. The summed E-state index contributed by atoms with van der Waals surface area (Å²) in [6, 6.07) is 22.5. The SMILES string of the molecule is CC1=C(C(=O)Nc2ccccc2C)C(c2cccc(OCc3ccc(Cl)cc3)c2)n2ncnc2N1. The number of para-hydroxylation sites is 1. The van der Waals surface area contributed by atoms with Crippen molar-refractivity contribution >= 4 is 29.1 Å². The second-order valence-corrected chi connectivity index (χ2v) is 8.79. The maximum atomic E-state index is 13.6. The van der Waals surface area contributed by atoms with Gasteiger partial charge in [-0.1, -0.05) is 54.1 Å². The molecule has 1 aliphatic rings. The summed E-state index contributed by atoms with van der Waals surface area (Å²) in [5, 5.41) is 11.4. The number of ether oxygens (including phenoxy) is 1. The number of fused-ring (bicyclic) bond motifs is 1. The Morgan fingerprint density at radius 2 is 1.89 bits per heavy atom.